The number of rotatable bonds is 3. The van der Waals surface area contributed by atoms with Crippen LogP contribution in [-0.4, -0.2) is 38.9 Å². The minimum absolute atomic E-state index is 0.119. The van der Waals surface area contributed by atoms with Crippen LogP contribution in [-0.2, 0) is 10.0 Å². The monoisotopic (exact) mass is 313 g/mol. The maximum Gasteiger partial charge on any atom is 0.240 e. The first-order valence-electron chi connectivity index (χ1n) is 7.15. The summed E-state index contributed by atoms with van der Waals surface area (Å²) in [6.45, 7) is 0.895. The van der Waals surface area contributed by atoms with E-state index < -0.39 is 10.0 Å². The lowest BCUT2D eigenvalue weighted by Gasteiger charge is -2.26. The van der Waals surface area contributed by atoms with Crippen molar-refractivity contribution in [3.63, 3.8) is 0 Å². The number of hydrogen-bond donors (Lipinski definition) is 2. The van der Waals surface area contributed by atoms with E-state index in [0.717, 1.165) is 0 Å². The second-order valence-corrected chi connectivity index (χ2v) is 7.15. The lowest BCUT2D eigenvalue weighted by molar-refractivity contribution is 0.120. The van der Waals surface area contributed by atoms with Crippen LogP contribution in [0.15, 0.2) is 23.1 Å². The first-order chi connectivity index (χ1) is 10.0. The summed E-state index contributed by atoms with van der Waals surface area (Å²) in [6.07, 6.45) is 2.28. The Kier molecular flexibility index (Phi) is 4.05. The summed E-state index contributed by atoms with van der Waals surface area (Å²) in [7, 11) is -3.58. The molecular weight excluding hydrogens is 294 g/mol. The summed E-state index contributed by atoms with van der Waals surface area (Å²) in [5.74, 6) is 1.03. The van der Waals surface area contributed by atoms with E-state index >= 15 is 0 Å². The van der Waals surface area contributed by atoms with Crippen molar-refractivity contribution in [2.45, 2.75) is 42.7 Å². The first-order valence-corrected chi connectivity index (χ1v) is 8.63. The van der Waals surface area contributed by atoms with Crippen molar-refractivity contribution in [3.05, 3.63) is 18.2 Å². The van der Waals surface area contributed by atoms with Gasteiger partial charge in [0, 0.05) is 12.1 Å². The second kappa shape index (κ2) is 5.82. The minimum atomic E-state index is -3.58. The number of sulfonamides is 1. The molecule has 1 aromatic rings. The summed E-state index contributed by atoms with van der Waals surface area (Å²) < 4.78 is 38.3. The summed E-state index contributed by atoms with van der Waals surface area (Å²) in [4.78, 5) is 0.179. The molecule has 116 valence electrons. The molecule has 1 fully saturated rings. The van der Waals surface area contributed by atoms with Gasteiger partial charge in [-0.2, -0.15) is 0 Å². The molecule has 0 bridgehead atoms. The van der Waals surface area contributed by atoms with E-state index in [1.807, 2.05) is 0 Å². The van der Waals surface area contributed by atoms with Gasteiger partial charge in [-0.05, 0) is 37.8 Å². The van der Waals surface area contributed by atoms with Gasteiger partial charge in [0.2, 0.25) is 10.0 Å². The van der Waals surface area contributed by atoms with E-state index in [-0.39, 0.29) is 17.0 Å². The Morgan fingerprint density at radius 3 is 2.43 bits per heavy atom. The zero-order valence-electron chi connectivity index (χ0n) is 11.6. The summed E-state index contributed by atoms with van der Waals surface area (Å²) in [5.41, 5.74) is 0. The van der Waals surface area contributed by atoms with E-state index in [9.17, 15) is 13.5 Å². The quantitative estimate of drug-likeness (QED) is 0.871. The molecule has 3 rings (SSSR count). The highest BCUT2D eigenvalue weighted by Crippen LogP contribution is 2.32. The van der Waals surface area contributed by atoms with Crippen LogP contribution in [0.2, 0.25) is 0 Å². The van der Waals surface area contributed by atoms with Gasteiger partial charge in [0.15, 0.2) is 11.5 Å². The number of hydrogen-bond acceptors (Lipinski definition) is 5. The third-order valence-corrected chi connectivity index (χ3v) is 5.36. The van der Waals surface area contributed by atoms with Crippen molar-refractivity contribution < 1.29 is 23.0 Å². The number of aliphatic hydroxyl groups excluding tert-OH is 1. The van der Waals surface area contributed by atoms with Gasteiger partial charge in [0.25, 0.3) is 0 Å². The lowest BCUT2D eigenvalue weighted by Crippen LogP contribution is -2.38. The fourth-order valence-corrected chi connectivity index (χ4v) is 3.99. The van der Waals surface area contributed by atoms with Gasteiger partial charge in [0.1, 0.15) is 13.2 Å². The van der Waals surface area contributed by atoms with Gasteiger partial charge in [-0.3, -0.25) is 0 Å². The molecule has 1 saturated carbocycles. The van der Waals surface area contributed by atoms with E-state index in [1.54, 1.807) is 6.07 Å². The van der Waals surface area contributed by atoms with E-state index in [2.05, 4.69) is 4.72 Å². The summed E-state index contributed by atoms with van der Waals surface area (Å²) in [5, 5.41) is 9.47. The third kappa shape index (κ3) is 3.30. The fraction of sp³-hybridized carbons (Fsp3) is 0.571. The van der Waals surface area contributed by atoms with E-state index in [1.165, 1.54) is 12.1 Å². The van der Waals surface area contributed by atoms with Crippen molar-refractivity contribution in [3.8, 4) is 11.5 Å². The average molecular weight is 313 g/mol. The summed E-state index contributed by atoms with van der Waals surface area (Å²) >= 11 is 0. The third-order valence-electron chi connectivity index (χ3n) is 3.84. The maximum absolute atomic E-state index is 12.4. The van der Waals surface area contributed by atoms with Crippen LogP contribution in [0.1, 0.15) is 25.7 Å². The fourth-order valence-electron chi connectivity index (χ4n) is 2.67. The van der Waals surface area contributed by atoms with Gasteiger partial charge in [-0.15, -0.1) is 0 Å². The number of benzene rings is 1. The highest BCUT2D eigenvalue weighted by molar-refractivity contribution is 7.89. The Hall–Kier alpha value is -1.31. The lowest BCUT2D eigenvalue weighted by atomic mass is 9.94. The molecule has 0 radical (unpaired) electrons. The summed E-state index contributed by atoms with van der Waals surface area (Å²) in [6, 6.07) is 4.52. The van der Waals surface area contributed by atoms with Crippen molar-refractivity contribution >= 4 is 10.0 Å². The Morgan fingerprint density at radius 1 is 1.05 bits per heavy atom. The molecule has 21 heavy (non-hydrogen) atoms. The molecule has 7 heteroatoms. The van der Waals surface area contributed by atoms with Crippen LogP contribution in [0.25, 0.3) is 0 Å². The molecule has 0 spiro atoms. The van der Waals surface area contributed by atoms with Crippen LogP contribution >= 0.6 is 0 Å². The molecule has 2 aliphatic rings. The largest absolute Gasteiger partial charge is 0.486 e. The average Bonchev–Trinajstić information content (AvgIpc) is 2.49. The standard InChI is InChI=1S/C14H19NO5S/c16-11-3-1-10(2-4-11)15-21(17,18)12-5-6-13-14(9-12)20-8-7-19-13/h5-6,9-11,15-16H,1-4,7-8H2. The molecular formula is C14H19NO5S. The molecule has 1 aromatic carbocycles. The smallest absolute Gasteiger partial charge is 0.240 e. The molecule has 0 amide bonds. The number of aliphatic hydroxyl groups is 1. The highest BCUT2D eigenvalue weighted by Gasteiger charge is 2.26. The van der Waals surface area contributed by atoms with Crippen LogP contribution < -0.4 is 14.2 Å². The molecule has 6 nitrogen and oxygen atoms in total. The number of nitrogens with one attached hydrogen (secondary N) is 1. The molecule has 0 unspecified atom stereocenters. The van der Waals surface area contributed by atoms with Crippen molar-refractivity contribution in [2.75, 3.05) is 13.2 Å². The van der Waals surface area contributed by atoms with Gasteiger partial charge < -0.3 is 14.6 Å². The van der Waals surface area contributed by atoms with Crippen LogP contribution in [0.3, 0.4) is 0 Å². The second-order valence-electron chi connectivity index (χ2n) is 5.43. The molecule has 0 saturated heterocycles. The van der Waals surface area contributed by atoms with E-state index in [4.69, 9.17) is 9.47 Å². The number of fused-ring (bicyclic) bond motifs is 1. The van der Waals surface area contributed by atoms with Crippen LogP contribution in [0, 0.1) is 0 Å². The minimum Gasteiger partial charge on any atom is -0.486 e. The molecule has 1 aliphatic carbocycles. The van der Waals surface area contributed by atoms with Crippen LogP contribution in [0.4, 0.5) is 0 Å². The molecule has 2 N–H and O–H groups in total. The van der Waals surface area contributed by atoms with E-state index in [0.29, 0.717) is 50.4 Å². The molecule has 1 heterocycles. The van der Waals surface area contributed by atoms with Crippen molar-refractivity contribution in [1.82, 2.24) is 4.72 Å². The zero-order valence-corrected chi connectivity index (χ0v) is 12.4. The van der Waals surface area contributed by atoms with Crippen molar-refractivity contribution in [1.29, 1.82) is 0 Å². The Bertz CT molecular complexity index is 608. The maximum atomic E-state index is 12.4. The number of ether oxygens (including phenoxy) is 2. The molecule has 0 atom stereocenters. The topological polar surface area (TPSA) is 84.9 Å². The molecule has 0 aromatic heterocycles. The van der Waals surface area contributed by atoms with Gasteiger partial charge in [-0.25, -0.2) is 13.1 Å². The first kappa shape index (κ1) is 14.6. The highest BCUT2D eigenvalue weighted by atomic mass is 32.2. The SMILES string of the molecule is O=S(=O)(NC1CCC(O)CC1)c1ccc2c(c1)OCCO2. The molecule has 1 aliphatic heterocycles. The van der Waals surface area contributed by atoms with Gasteiger partial charge in [0.05, 0.1) is 11.0 Å². The predicted molar refractivity (Wildman–Crippen MR) is 76.0 cm³/mol. The Balaban J connectivity index is 1.75. The van der Waals surface area contributed by atoms with Gasteiger partial charge in [-0.1, -0.05) is 0 Å². The van der Waals surface area contributed by atoms with Gasteiger partial charge >= 0.3 is 0 Å². The predicted octanol–water partition coefficient (Wildman–Crippen LogP) is 1.04. The Labute approximate surface area is 124 Å². The normalized spacial score (nSPS) is 25.6. The van der Waals surface area contributed by atoms with Crippen molar-refractivity contribution in [2.24, 2.45) is 0 Å². The Morgan fingerprint density at radius 2 is 1.71 bits per heavy atom. The zero-order chi connectivity index (χ0) is 14.9. The van der Waals surface area contributed by atoms with Crippen LogP contribution in [0.5, 0.6) is 11.5 Å².